The van der Waals surface area contributed by atoms with E-state index in [1.807, 2.05) is 12.3 Å². The zero-order chi connectivity index (χ0) is 11.4. The van der Waals surface area contributed by atoms with Crippen LogP contribution in [0.3, 0.4) is 0 Å². The molecule has 1 unspecified atom stereocenters. The van der Waals surface area contributed by atoms with Gasteiger partial charge in [0.25, 0.3) is 0 Å². The molecule has 0 radical (unpaired) electrons. The quantitative estimate of drug-likeness (QED) is 0.629. The Hall–Kier alpha value is -1.23. The van der Waals surface area contributed by atoms with Crippen LogP contribution in [0, 0.1) is 6.92 Å². The molecule has 0 bridgehead atoms. The number of nitrogens with one attached hydrogen (secondary N) is 1. The highest BCUT2D eigenvalue weighted by atomic mass is 32.1. The summed E-state index contributed by atoms with van der Waals surface area (Å²) in [6.45, 7) is 2.10. The van der Waals surface area contributed by atoms with Crippen molar-refractivity contribution in [1.29, 1.82) is 0 Å². The summed E-state index contributed by atoms with van der Waals surface area (Å²) in [7, 11) is 0. The number of hydrogen-bond donors (Lipinski definition) is 2. The summed E-state index contributed by atoms with van der Waals surface area (Å²) in [5, 5.41) is 0. The molecule has 16 heavy (non-hydrogen) atoms. The average molecular weight is 233 g/mol. The molecule has 0 spiro atoms. The van der Waals surface area contributed by atoms with Crippen LogP contribution in [0.5, 0.6) is 0 Å². The Morgan fingerprint density at radius 3 is 2.88 bits per heavy atom. The van der Waals surface area contributed by atoms with E-state index in [9.17, 15) is 0 Å². The Morgan fingerprint density at radius 1 is 1.44 bits per heavy atom. The van der Waals surface area contributed by atoms with E-state index >= 15 is 0 Å². The fourth-order valence-electron chi connectivity index (χ4n) is 1.64. The van der Waals surface area contributed by atoms with Crippen LogP contribution in [0.4, 0.5) is 0 Å². The first-order valence-corrected chi connectivity index (χ1v) is 6.02. The molecule has 0 fully saturated rings. The van der Waals surface area contributed by atoms with Gasteiger partial charge in [-0.25, -0.2) is 0 Å². The van der Waals surface area contributed by atoms with E-state index in [2.05, 4.69) is 35.5 Å². The average Bonchev–Trinajstić information content (AvgIpc) is 2.74. The summed E-state index contributed by atoms with van der Waals surface area (Å²) < 4.78 is 0. The van der Waals surface area contributed by atoms with Crippen LogP contribution >= 0.6 is 11.3 Å². The molecule has 0 amide bonds. The third kappa shape index (κ3) is 2.66. The van der Waals surface area contributed by atoms with Crippen LogP contribution in [0.25, 0.3) is 0 Å². The number of aryl methyl sites for hydroxylation is 1. The van der Waals surface area contributed by atoms with Gasteiger partial charge in [0.15, 0.2) is 0 Å². The first-order valence-electron chi connectivity index (χ1n) is 5.21. The van der Waals surface area contributed by atoms with Gasteiger partial charge >= 0.3 is 0 Å². The molecule has 0 aliphatic heterocycles. The van der Waals surface area contributed by atoms with E-state index in [1.165, 1.54) is 15.3 Å². The molecule has 3 N–H and O–H groups in total. The number of nitrogens with zero attached hydrogens (tertiary/aromatic N) is 1. The minimum Gasteiger partial charge on any atom is -0.271 e. The van der Waals surface area contributed by atoms with Crippen LogP contribution in [-0.4, -0.2) is 4.98 Å². The normalized spacial score (nSPS) is 12.6. The minimum atomic E-state index is 0.169. The molecule has 0 aliphatic rings. The van der Waals surface area contributed by atoms with Crippen molar-refractivity contribution in [3.63, 3.8) is 0 Å². The van der Waals surface area contributed by atoms with Crippen LogP contribution < -0.4 is 11.3 Å². The van der Waals surface area contributed by atoms with Crippen molar-refractivity contribution in [1.82, 2.24) is 10.4 Å². The Morgan fingerprint density at radius 2 is 2.31 bits per heavy atom. The number of hydrogen-bond acceptors (Lipinski definition) is 4. The van der Waals surface area contributed by atoms with Gasteiger partial charge in [-0.15, -0.1) is 11.3 Å². The molecular weight excluding hydrogens is 218 g/mol. The number of pyridine rings is 1. The summed E-state index contributed by atoms with van der Waals surface area (Å²) in [5.74, 6) is 5.60. The standard InChI is InChI=1S/C12H15N3S/c1-9-4-5-12(16-9)11(15-13)7-10-3-2-6-14-8-10/h2-6,8,11,15H,7,13H2,1H3. The van der Waals surface area contributed by atoms with Crippen molar-refractivity contribution in [2.24, 2.45) is 5.84 Å². The van der Waals surface area contributed by atoms with E-state index in [1.54, 1.807) is 17.5 Å². The summed E-state index contributed by atoms with van der Waals surface area (Å²) in [6.07, 6.45) is 4.53. The zero-order valence-electron chi connectivity index (χ0n) is 9.18. The van der Waals surface area contributed by atoms with E-state index in [4.69, 9.17) is 5.84 Å². The first kappa shape index (κ1) is 11.3. The second-order valence-corrected chi connectivity index (χ2v) is 5.05. The molecule has 1 atom stereocenters. The van der Waals surface area contributed by atoms with E-state index in [-0.39, 0.29) is 6.04 Å². The molecule has 84 valence electrons. The van der Waals surface area contributed by atoms with Crippen molar-refractivity contribution in [2.75, 3.05) is 0 Å². The predicted molar refractivity (Wildman–Crippen MR) is 67.1 cm³/mol. The highest BCUT2D eigenvalue weighted by Gasteiger charge is 2.12. The van der Waals surface area contributed by atoms with Gasteiger partial charge in [-0.3, -0.25) is 16.3 Å². The molecule has 2 aromatic rings. The topological polar surface area (TPSA) is 50.9 Å². The minimum absolute atomic E-state index is 0.169. The lowest BCUT2D eigenvalue weighted by Crippen LogP contribution is -2.28. The smallest absolute Gasteiger partial charge is 0.0594 e. The second-order valence-electron chi connectivity index (χ2n) is 3.73. The van der Waals surface area contributed by atoms with Gasteiger partial charge in [0, 0.05) is 22.1 Å². The molecule has 0 saturated carbocycles. The molecule has 3 nitrogen and oxygen atoms in total. The predicted octanol–water partition coefficient (Wildman–Crippen LogP) is 2.20. The van der Waals surface area contributed by atoms with Gasteiger partial charge in [0.05, 0.1) is 6.04 Å². The third-order valence-electron chi connectivity index (χ3n) is 2.47. The monoisotopic (exact) mass is 233 g/mol. The Bertz CT molecular complexity index is 439. The van der Waals surface area contributed by atoms with Gasteiger partial charge in [0.1, 0.15) is 0 Å². The maximum atomic E-state index is 5.60. The molecule has 4 heteroatoms. The van der Waals surface area contributed by atoms with Crippen molar-refractivity contribution in [3.8, 4) is 0 Å². The number of rotatable bonds is 4. The van der Waals surface area contributed by atoms with Gasteiger partial charge in [-0.05, 0) is 37.1 Å². The van der Waals surface area contributed by atoms with Crippen LogP contribution in [0.1, 0.15) is 21.4 Å². The van der Waals surface area contributed by atoms with Gasteiger partial charge in [-0.2, -0.15) is 0 Å². The summed E-state index contributed by atoms with van der Waals surface area (Å²) >= 11 is 1.78. The summed E-state index contributed by atoms with van der Waals surface area (Å²) in [5.41, 5.74) is 4.05. The summed E-state index contributed by atoms with van der Waals surface area (Å²) in [6, 6.07) is 8.43. The lowest BCUT2D eigenvalue weighted by atomic mass is 10.1. The maximum absolute atomic E-state index is 5.60. The largest absolute Gasteiger partial charge is 0.271 e. The highest BCUT2D eigenvalue weighted by molar-refractivity contribution is 7.12. The van der Waals surface area contributed by atoms with E-state index in [0.29, 0.717) is 0 Å². The molecule has 2 aromatic heterocycles. The van der Waals surface area contributed by atoms with Gasteiger partial charge in [-0.1, -0.05) is 6.07 Å². The lowest BCUT2D eigenvalue weighted by Gasteiger charge is -2.13. The van der Waals surface area contributed by atoms with E-state index in [0.717, 1.165) is 6.42 Å². The van der Waals surface area contributed by atoms with Crippen LogP contribution in [0.15, 0.2) is 36.7 Å². The molecule has 2 heterocycles. The molecule has 0 aromatic carbocycles. The van der Waals surface area contributed by atoms with Gasteiger partial charge < -0.3 is 0 Å². The number of nitrogens with two attached hydrogens (primary N) is 1. The van der Waals surface area contributed by atoms with Crippen molar-refractivity contribution >= 4 is 11.3 Å². The first-order chi connectivity index (χ1) is 7.79. The van der Waals surface area contributed by atoms with Crippen molar-refractivity contribution in [3.05, 3.63) is 52.0 Å². The van der Waals surface area contributed by atoms with Crippen molar-refractivity contribution in [2.45, 2.75) is 19.4 Å². The molecule has 0 saturated heterocycles. The Balaban J connectivity index is 2.12. The van der Waals surface area contributed by atoms with E-state index < -0.39 is 0 Å². The molecular formula is C12H15N3S. The SMILES string of the molecule is Cc1ccc(C(Cc2cccnc2)NN)s1. The third-order valence-corrected chi connectivity index (χ3v) is 3.58. The zero-order valence-corrected chi connectivity index (χ0v) is 10.00. The number of thiophene rings is 1. The molecule has 2 rings (SSSR count). The number of hydrazine groups is 1. The Kier molecular flexibility index (Phi) is 3.66. The van der Waals surface area contributed by atoms with Gasteiger partial charge in [0.2, 0.25) is 0 Å². The fourth-order valence-corrected chi connectivity index (χ4v) is 2.57. The fraction of sp³-hybridized carbons (Fsp3) is 0.250. The number of aromatic nitrogens is 1. The highest BCUT2D eigenvalue weighted by Crippen LogP contribution is 2.24. The molecule has 0 aliphatic carbocycles. The lowest BCUT2D eigenvalue weighted by molar-refractivity contribution is 0.560. The van der Waals surface area contributed by atoms with Crippen molar-refractivity contribution < 1.29 is 0 Å². The van der Waals surface area contributed by atoms with Crippen LogP contribution in [0.2, 0.25) is 0 Å². The van der Waals surface area contributed by atoms with Crippen LogP contribution in [-0.2, 0) is 6.42 Å². The Labute approximate surface area is 99.3 Å². The second kappa shape index (κ2) is 5.21. The maximum Gasteiger partial charge on any atom is 0.0594 e. The summed E-state index contributed by atoms with van der Waals surface area (Å²) in [4.78, 5) is 6.68.